The van der Waals surface area contributed by atoms with Gasteiger partial charge in [-0.25, -0.2) is 4.79 Å². The third-order valence-electron chi connectivity index (χ3n) is 6.89. The Morgan fingerprint density at radius 3 is 2.07 bits per heavy atom. The number of carbonyl (C=O) groups is 4. The molecule has 3 aromatic rings. The minimum absolute atomic E-state index is 0.105. The third-order valence-corrected chi connectivity index (χ3v) is 7.54. The first-order valence-electron chi connectivity index (χ1n) is 13.6. The molecule has 41 heavy (non-hydrogen) atoms. The largest absolute Gasteiger partial charge is 0.480 e. The van der Waals surface area contributed by atoms with Crippen LogP contribution in [0.1, 0.15) is 31.4 Å². The van der Waals surface area contributed by atoms with Gasteiger partial charge >= 0.3 is 5.97 Å². The first-order chi connectivity index (χ1) is 19.6. The molecular weight excluding hydrogens is 542 g/mol. The molecule has 1 heterocycles. The average molecular weight is 582 g/mol. The summed E-state index contributed by atoms with van der Waals surface area (Å²) in [5, 5.41) is 18.7. The molecule has 0 aliphatic rings. The summed E-state index contributed by atoms with van der Waals surface area (Å²) in [6.07, 6.45) is 4.14. The van der Waals surface area contributed by atoms with Crippen LogP contribution in [0.2, 0.25) is 0 Å². The van der Waals surface area contributed by atoms with E-state index in [4.69, 9.17) is 5.73 Å². The lowest BCUT2D eigenvalue weighted by molar-refractivity contribution is -0.142. The highest BCUT2D eigenvalue weighted by Gasteiger charge is 2.31. The molecule has 0 bridgehead atoms. The number of para-hydroxylation sites is 1. The molecule has 0 fully saturated rings. The Hall–Kier alpha value is -3.83. The summed E-state index contributed by atoms with van der Waals surface area (Å²) in [6.45, 7) is 3.63. The van der Waals surface area contributed by atoms with Crippen molar-refractivity contribution in [3.8, 4) is 0 Å². The van der Waals surface area contributed by atoms with Gasteiger partial charge in [0.1, 0.15) is 18.1 Å². The summed E-state index contributed by atoms with van der Waals surface area (Å²) < 4.78 is 0. The van der Waals surface area contributed by atoms with Gasteiger partial charge in [0.15, 0.2) is 0 Å². The number of aromatic amines is 1. The molecule has 3 amide bonds. The minimum atomic E-state index is -1.15. The molecule has 0 aliphatic heterocycles. The fraction of sp³-hybridized carbons (Fsp3) is 0.400. The first-order valence-corrected chi connectivity index (χ1v) is 15.0. The Bertz CT molecular complexity index is 1330. The number of H-pyrrole nitrogens is 1. The van der Waals surface area contributed by atoms with Crippen molar-refractivity contribution in [2.24, 2.45) is 11.7 Å². The number of thioether (sulfide) groups is 1. The topological polar surface area (TPSA) is 166 Å². The van der Waals surface area contributed by atoms with Crippen LogP contribution in [-0.4, -0.2) is 70.0 Å². The zero-order valence-corrected chi connectivity index (χ0v) is 24.4. The SMILES string of the molecule is CSCCC(NC(=O)C(Cc1c[nH]c2ccccc12)NC(=O)C(Cc1ccccc1)NC(=O)C(N)C(C)C)C(=O)O. The smallest absolute Gasteiger partial charge is 0.326 e. The standard InChI is InChI=1S/C30H39N5O5S/c1-18(2)26(31)29(38)35-24(15-19-9-5-4-6-10-19)27(36)34-25(28(37)33-23(30(39)40)13-14-41-3)16-20-17-32-22-12-8-7-11-21(20)22/h4-12,17-18,23-26,32H,13-16,31H2,1-3H3,(H,33,37)(H,34,36)(H,35,38)(H,39,40). The lowest BCUT2D eigenvalue weighted by Gasteiger charge is -2.26. The Kier molecular flexibility index (Phi) is 11.8. The number of carboxylic acids is 1. The molecule has 10 nitrogen and oxygen atoms in total. The van der Waals surface area contributed by atoms with Crippen molar-refractivity contribution < 1.29 is 24.3 Å². The zero-order valence-electron chi connectivity index (χ0n) is 23.6. The maximum absolute atomic E-state index is 13.7. The van der Waals surface area contributed by atoms with Gasteiger partial charge < -0.3 is 31.8 Å². The second kappa shape index (κ2) is 15.2. The van der Waals surface area contributed by atoms with Gasteiger partial charge in [-0.05, 0) is 41.5 Å². The Balaban J connectivity index is 1.89. The normalized spacial score (nSPS) is 14.2. The molecule has 3 rings (SSSR count). The van der Waals surface area contributed by atoms with Gasteiger partial charge in [0.05, 0.1) is 6.04 Å². The fourth-order valence-electron chi connectivity index (χ4n) is 4.40. The number of nitrogens with two attached hydrogens (primary N) is 1. The van der Waals surface area contributed by atoms with E-state index in [1.54, 1.807) is 6.20 Å². The molecule has 220 valence electrons. The quantitative estimate of drug-likeness (QED) is 0.160. The van der Waals surface area contributed by atoms with Gasteiger partial charge in [-0.2, -0.15) is 11.8 Å². The number of hydrogen-bond donors (Lipinski definition) is 6. The zero-order chi connectivity index (χ0) is 29.9. The Morgan fingerprint density at radius 1 is 0.854 bits per heavy atom. The highest BCUT2D eigenvalue weighted by atomic mass is 32.2. The van der Waals surface area contributed by atoms with E-state index in [9.17, 15) is 24.3 Å². The molecular formula is C30H39N5O5S. The third kappa shape index (κ3) is 9.09. The van der Waals surface area contributed by atoms with Crippen molar-refractivity contribution >= 4 is 46.4 Å². The second-order valence-electron chi connectivity index (χ2n) is 10.3. The monoisotopic (exact) mass is 581 g/mol. The van der Waals surface area contributed by atoms with Gasteiger partial charge in [0, 0.05) is 29.9 Å². The molecule has 0 saturated carbocycles. The van der Waals surface area contributed by atoms with Crippen LogP contribution in [0.25, 0.3) is 10.9 Å². The first kappa shape index (κ1) is 31.7. The van der Waals surface area contributed by atoms with E-state index >= 15 is 0 Å². The number of aliphatic carboxylic acids is 1. The van der Waals surface area contributed by atoms with Crippen LogP contribution in [0.5, 0.6) is 0 Å². The molecule has 4 unspecified atom stereocenters. The summed E-state index contributed by atoms with van der Waals surface area (Å²) in [5.74, 6) is -2.43. The number of nitrogens with one attached hydrogen (secondary N) is 4. The van der Waals surface area contributed by atoms with Crippen LogP contribution >= 0.6 is 11.8 Å². The summed E-state index contributed by atoms with van der Waals surface area (Å²) in [6, 6.07) is 12.7. The van der Waals surface area contributed by atoms with Gasteiger partial charge in [-0.15, -0.1) is 0 Å². The molecule has 7 N–H and O–H groups in total. The van der Waals surface area contributed by atoms with Crippen LogP contribution in [-0.2, 0) is 32.0 Å². The maximum Gasteiger partial charge on any atom is 0.326 e. The summed E-state index contributed by atoms with van der Waals surface area (Å²) in [7, 11) is 0. The molecule has 11 heteroatoms. The predicted molar refractivity (Wildman–Crippen MR) is 161 cm³/mol. The van der Waals surface area contributed by atoms with Crippen LogP contribution in [0, 0.1) is 5.92 Å². The molecule has 0 spiro atoms. The van der Waals surface area contributed by atoms with Crippen LogP contribution in [0.15, 0.2) is 60.8 Å². The number of carbonyl (C=O) groups excluding carboxylic acids is 3. The number of fused-ring (bicyclic) bond motifs is 1. The van der Waals surface area contributed by atoms with Gasteiger partial charge in [0.25, 0.3) is 0 Å². The van der Waals surface area contributed by atoms with E-state index in [0.717, 1.165) is 22.0 Å². The van der Waals surface area contributed by atoms with Crippen molar-refractivity contribution in [2.45, 2.75) is 57.3 Å². The second-order valence-corrected chi connectivity index (χ2v) is 11.3. The number of amides is 3. The summed E-state index contributed by atoms with van der Waals surface area (Å²) >= 11 is 1.47. The van der Waals surface area contributed by atoms with Crippen LogP contribution in [0.3, 0.4) is 0 Å². The molecule has 1 aromatic heterocycles. The maximum atomic E-state index is 13.7. The van der Waals surface area contributed by atoms with Gasteiger partial charge in [0.2, 0.25) is 17.7 Å². The average Bonchev–Trinajstić information content (AvgIpc) is 3.36. The van der Waals surface area contributed by atoms with Crippen LogP contribution < -0.4 is 21.7 Å². The lowest BCUT2D eigenvalue weighted by atomic mass is 10.00. The number of benzene rings is 2. The van der Waals surface area contributed by atoms with E-state index in [1.807, 2.05) is 74.7 Å². The van der Waals surface area contributed by atoms with Crippen molar-refractivity contribution in [1.82, 2.24) is 20.9 Å². The highest BCUT2D eigenvalue weighted by molar-refractivity contribution is 7.98. The van der Waals surface area contributed by atoms with E-state index in [0.29, 0.717) is 5.75 Å². The predicted octanol–water partition coefficient (Wildman–Crippen LogP) is 2.23. The van der Waals surface area contributed by atoms with E-state index in [1.165, 1.54) is 11.8 Å². The molecule has 0 aliphatic carbocycles. The van der Waals surface area contributed by atoms with Crippen molar-refractivity contribution in [1.29, 1.82) is 0 Å². The number of rotatable bonds is 15. The number of carboxylic acid groups (broad SMARTS) is 1. The summed E-state index contributed by atoms with van der Waals surface area (Å²) in [5.41, 5.74) is 8.51. The van der Waals surface area contributed by atoms with Crippen molar-refractivity contribution in [3.05, 3.63) is 71.9 Å². The lowest BCUT2D eigenvalue weighted by Crippen LogP contribution is -2.58. The molecule has 0 radical (unpaired) electrons. The van der Waals surface area contributed by atoms with E-state index < -0.39 is 47.9 Å². The number of hydrogen-bond acceptors (Lipinski definition) is 6. The van der Waals surface area contributed by atoms with E-state index in [2.05, 4.69) is 20.9 Å². The van der Waals surface area contributed by atoms with Crippen molar-refractivity contribution in [3.63, 3.8) is 0 Å². The summed E-state index contributed by atoms with van der Waals surface area (Å²) in [4.78, 5) is 55.1. The fourth-order valence-corrected chi connectivity index (χ4v) is 4.87. The minimum Gasteiger partial charge on any atom is -0.480 e. The molecule has 2 aromatic carbocycles. The highest BCUT2D eigenvalue weighted by Crippen LogP contribution is 2.19. The Labute approximate surface area is 244 Å². The van der Waals surface area contributed by atoms with Crippen molar-refractivity contribution in [2.75, 3.05) is 12.0 Å². The molecule has 0 saturated heterocycles. The van der Waals surface area contributed by atoms with Crippen LogP contribution in [0.4, 0.5) is 0 Å². The van der Waals surface area contributed by atoms with E-state index in [-0.39, 0.29) is 25.2 Å². The number of aromatic nitrogens is 1. The van der Waals surface area contributed by atoms with Gasteiger partial charge in [-0.1, -0.05) is 62.4 Å². The Morgan fingerprint density at radius 2 is 1.44 bits per heavy atom. The van der Waals surface area contributed by atoms with Gasteiger partial charge in [-0.3, -0.25) is 14.4 Å². The molecule has 4 atom stereocenters.